The highest BCUT2D eigenvalue weighted by Gasteiger charge is 2.07. The Morgan fingerprint density at radius 3 is 2.68 bits per heavy atom. The average molecular weight is 272 g/mol. The molecule has 0 atom stereocenters. The lowest BCUT2D eigenvalue weighted by atomic mass is 10.1. The van der Waals surface area contributed by atoms with Crippen molar-refractivity contribution in [2.45, 2.75) is 6.92 Å². The maximum Gasteiger partial charge on any atom is 0.124 e. The third-order valence-electron chi connectivity index (χ3n) is 2.73. The van der Waals surface area contributed by atoms with E-state index >= 15 is 0 Å². The summed E-state index contributed by atoms with van der Waals surface area (Å²) < 4.78 is 0. The van der Waals surface area contributed by atoms with Crippen molar-refractivity contribution in [3.63, 3.8) is 0 Å². The highest BCUT2D eigenvalue weighted by atomic mass is 35.5. The Balaban J connectivity index is 2.85. The first-order valence-electron chi connectivity index (χ1n) is 5.72. The predicted octanol–water partition coefficient (Wildman–Crippen LogP) is 1.82. The molecule has 19 heavy (non-hydrogen) atoms. The van der Waals surface area contributed by atoms with Crippen LogP contribution in [0.15, 0.2) is 37.2 Å². The van der Waals surface area contributed by atoms with Gasteiger partial charge < -0.3 is 5.73 Å². The van der Waals surface area contributed by atoms with Gasteiger partial charge in [-0.15, -0.1) is 0 Å². The van der Waals surface area contributed by atoms with Gasteiger partial charge in [-0.05, 0) is 29.8 Å². The number of aryl methyl sites for hydroxylation is 1. The summed E-state index contributed by atoms with van der Waals surface area (Å²) in [5.41, 5.74) is 8.31. The van der Waals surface area contributed by atoms with Gasteiger partial charge in [0, 0.05) is 23.5 Å². The molecule has 0 aliphatic rings. The van der Waals surface area contributed by atoms with Crippen molar-refractivity contribution in [3.8, 4) is 0 Å². The molecule has 4 heteroatoms. The molecule has 3 nitrogen and oxygen atoms in total. The summed E-state index contributed by atoms with van der Waals surface area (Å²) in [6.45, 7) is 9.80. The van der Waals surface area contributed by atoms with Crippen molar-refractivity contribution in [1.82, 2.24) is 9.97 Å². The number of hydrogen-bond acceptors (Lipinski definition) is 3. The lowest BCUT2D eigenvalue weighted by Gasteiger charge is -2.06. The van der Waals surface area contributed by atoms with Gasteiger partial charge in [0.05, 0.1) is 10.4 Å². The molecule has 0 amide bonds. The lowest BCUT2D eigenvalue weighted by Crippen LogP contribution is -2.29. The van der Waals surface area contributed by atoms with E-state index in [9.17, 15) is 0 Å². The molecule has 2 rings (SSSR count). The zero-order chi connectivity index (χ0) is 14.0. The van der Waals surface area contributed by atoms with Gasteiger partial charge in [-0.3, -0.25) is 4.98 Å². The van der Waals surface area contributed by atoms with Gasteiger partial charge in [0.2, 0.25) is 0 Å². The van der Waals surface area contributed by atoms with E-state index in [2.05, 4.69) is 23.1 Å². The molecule has 0 aromatic carbocycles. The van der Waals surface area contributed by atoms with Crippen molar-refractivity contribution in [1.29, 1.82) is 0 Å². The number of rotatable bonds is 2. The van der Waals surface area contributed by atoms with Gasteiger partial charge in [0.25, 0.3) is 0 Å². The topological polar surface area (TPSA) is 51.8 Å². The molecular weight excluding hydrogens is 258 g/mol. The van der Waals surface area contributed by atoms with E-state index in [-0.39, 0.29) is 0 Å². The van der Waals surface area contributed by atoms with Crippen molar-refractivity contribution in [2.75, 3.05) is 5.73 Å². The Kier molecular flexibility index (Phi) is 3.67. The molecule has 2 aromatic heterocycles. The Labute approximate surface area is 116 Å². The minimum absolute atomic E-state index is 0.400. The number of anilines is 1. The summed E-state index contributed by atoms with van der Waals surface area (Å²) in [6, 6.07) is 3.67. The molecule has 0 radical (unpaired) electrons. The van der Waals surface area contributed by atoms with Crippen molar-refractivity contribution < 1.29 is 0 Å². The highest BCUT2D eigenvalue weighted by molar-refractivity contribution is 6.32. The van der Waals surface area contributed by atoms with Gasteiger partial charge in [-0.2, -0.15) is 0 Å². The fourth-order valence-electron chi connectivity index (χ4n) is 1.87. The van der Waals surface area contributed by atoms with Crippen LogP contribution in [0.1, 0.15) is 11.1 Å². The first-order chi connectivity index (χ1) is 9.02. The van der Waals surface area contributed by atoms with Crippen LogP contribution in [-0.4, -0.2) is 9.97 Å². The van der Waals surface area contributed by atoms with E-state index < -0.39 is 0 Å². The molecule has 0 bridgehead atoms. The number of allylic oxidation sites excluding steroid dienone is 1. The largest absolute Gasteiger partial charge is 0.384 e. The van der Waals surface area contributed by atoms with Crippen LogP contribution in [0.3, 0.4) is 0 Å². The van der Waals surface area contributed by atoms with Crippen molar-refractivity contribution >= 4 is 29.6 Å². The second-order valence-electron chi connectivity index (χ2n) is 4.23. The lowest BCUT2D eigenvalue weighted by molar-refractivity contribution is 1.17. The molecule has 0 saturated carbocycles. The van der Waals surface area contributed by atoms with E-state index in [0.29, 0.717) is 10.8 Å². The monoisotopic (exact) mass is 271 g/mol. The van der Waals surface area contributed by atoms with Crippen LogP contribution in [-0.2, 0) is 0 Å². The fraction of sp³-hybridized carbons (Fsp3) is 0.0667. The van der Waals surface area contributed by atoms with Crippen LogP contribution >= 0.6 is 11.6 Å². The van der Waals surface area contributed by atoms with E-state index in [4.69, 9.17) is 17.3 Å². The first kappa shape index (κ1) is 13.3. The maximum atomic E-state index is 6.17. The van der Waals surface area contributed by atoms with Crippen LogP contribution in [0.2, 0.25) is 5.02 Å². The summed E-state index contributed by atoms with van der Waals surface area (Å²) in [7, 11) is 0. The number of nitrogen functional groups attached to an aromatic ring is 1. The second-order valence-corrected chi connectivity index (χ2v) is 4.63. The third-order valence-corrected chi connectivity index (χ3v) is 3.03. The van der Waals surface area contributed by atoms with Crippen LogP contribution in [0.4, 0.5) is 5.82 Å². The number of nitrogens with zero attached hydrogens (tertiary/aromatic N) is 2. The van der Waals surface area contributed by atoms with Gasteiger partial charge in [-0.25, -0.2) is 4.98 Å². The highest BCUT2D eigenvalue weighted by Crippen LogP contribution is 2.23. The molecule has 2 aromatic rings. The molecule has 0 unspecified atom stereocenters. The molecule has 0 aliphatic carbocycles. The third kappa shape index (κ3) is 2.66. The minimum Gasteiger partial charge on any atom is -0.384 e. The average Bonchev–Trinajstić information content (AvgIpc) is 2.36. The zero-order valence-electron chi connectivity index (χ0n) is 10.7. The summed E-state index contributed by atoms with van der Waals surface area (Å²) in [4.78, 5) is 8.35. The van der Waals surface area contributed by atoms with E-state index in [0.717, 1.165) is 27.3 Å². The minimum atomic E-state index is 0.400. The zero-order valence-corrected chi connectivity index (χ0v) is 11.4. The number of pyridine rings is 2. The molecule has 0 saturated heterocycles. The number of halogens is 1. The quantitative estimate of drug-likeness (QED) is 0.906. The molecule has 96 valence electrons. The Morgan fingerprint density at radius 1 is 1.32 bits per heavy atom. The van der Waals surface area contributed by atoms with Crippen molar-refractivity contribution in [2.24, 2.45) is 0 Å². The fourth-order valence-corrected chi connectivity index (χ4v) is 2.07. The molecule has 2 N–H and O–H groups in total. The van der Waals surface area contributed by atoms with Crippen LogP contribution in [0, 0.1) is 6.92 Å². The summed E-state index contributed by atoms with van der Waals surface area (Å²) in [5.74, 6) is 0.400. The summed E-state index contributed by atoms with van der Waals surface area (Å²) in [5, 5.41) is 2.07. The van der Waals surface area contributed by atoms with E-state index in [1.807, 2.05) is 13.0 Å². The van der Waals surface area contributed by atoms with Gasteiger partial charge >= 0.3 is 0 Å². The Hall–Kier alpha value is -2.13. The Bertz CT molecular complexity index is 750. The second kappa shape index (κ2) is 5.24. The Morgan fingerprint density at radius 2 is 2.05 bits per heavy atom. The molecule has 0 fully saturated rings. The van der Waals surface area contributed by atoms with Gasteiger partial charge in [0.1, 0.15) is 5.82 Å². The number of nitrogens with two attached hydrogens (primary N) is 1. The molecule has 0 spiro atoms. The smallest absolute Gasteiger partial charge is 0.124 e. The van der Waals surface area contributed by atoms with E-state index in [1.165, 1.54) is 6.20 Å². The van der Waals surface area contributed by atoms with E-state index in [1.54, 1.807) is 18.3 Å². The van der Waals surface area contributed by atoms with Crippen LogP contribution < -0.4 is 16.3 Å². The normalized spacial score (nSPS) is 12.1. The molecule has 0 aliphatic heterocycles. The van der Waals surface area contributed by atoms with Crippen LogP contribution in [0.25, 0.3) is 12.2 Å². The number of aromatic nitrogens is 2. The van der Waals surface area contributed by atoms with Gasteiger partial charge in [0.15, 0.2) is 0 Å². The SMILES string of the molecule is C=C/C(c1cc(N)ncc1Cl)=c1/ncc(C)cc1=C. The summed E-state index contributed by atoms with van der Waals surface area (Å²) >= 11 is 6.17. The van der Waals surface area contributed by atoms with Gasteiger partial charge in [-0.1, -0.05) is 30.8 Å². The van der Waals surface area contributed by atoms with Crippen molar-refractivity contribution in [3.05, 3.63) is 63.9 Å². The van der Waals surface area contributed by atoms with Crippen LogP contribution in [0.5, 0.6) is 0 Å². The molecule has 2 heterocycles. The predicted molar refractivity (Wildman–Crippen MR) is 80.1 cm³/mol. The summed E-state index contributed by atoms with van der Waals surface area (Å²) in [6.07, 6.45) is 5.01. The maximum absolute atomic E-state index is 6.17. The number of hydrogen-bond donors (Lipinski definition) is 1. The molecular formula is C15H14ClN3. The first-order valence-corrected chi connectivity index (χ1v) is 6.10. The standard InChI is InChI=1S/C15H14ClN3/c1-4-11(12-6-14(17)18-8-13(12)16)15-10(3)5-9(2)7-19-15/h4-8H,1,3H2,2H3,(H2,17,18)/b15-11-.